The fraction of sp³-hybridized carbons (Fsp3) is 0.353. The fourth-order valence-corrected chi connectivity index (χ4v) is 1.95. The number of rotatable bonds is 6. The number of nitrogens with one attached hydrogen (secondary N) is 1. The second-order valence-corrected chi connectivity index (χ2v) is 5.66. The summed E-state index contributed by atoms with van der Waals surface area (Å²) in [6.45, 7) is 1.70. The second-order valence-electron chi connectivity index (χ2n) is 5.66. The minimum atomic E-state index is -1.26. The van der Waals surface area contributed by atoms with E-state index in [2.05, 4.69) is 14.9 Å². The van der Waals surface area contributed by atoms with Crippen LogP contribution in [-0.4, -0.2) is 86.4 Å². The number of hydrogen-bond donors (Lipinski definition) is 5. The first-order chi connectivity index (χ1) is 13.5. The van der Waals surface area contributed by atoms with E-state index in [-0.39, 0.29) is 6.10 Å². The fourth-order valence-electron chi connectivity index (χ4n) is 1.95. The number of aliphatic carboxylic acids is 4. The summed E-state index contributed by atoms with van der Waals surface area (Å²) >= 11 is 0. The van der Waals surface area contributed by atoms with Crippen LogP contribution in [0.2, 0.25) is 0 Å². The molecule has 0 saturated carbocycles. The van der Waals surface area contributed by atoms with Gasteiger partial charge in [-0.05, 0) is 14.1 Å². The van der Waals surface area contributed by atoms with Crippen LogP contribution in [0.5, 0.6) is 0 Å². The molecule has 160 valence electrons. The number of carboxylic acids is 4. The predicted molar refractivity (Wildman–Crippen MR) is 98.4 cm³/mol. The number of ether oxygens (including phenoxy) is 1. The van der Waals surface area contributed by atoms with Crippen molar-refractivity contribution in [3.63, 3.8) is 0 Å². The van der Waals surface area contributed by atoms with Crippen LogP contribution in [0.1, 0.15) is 17.5 Å². The third-order valence-corrected chi connectivity index (χ3v) is 3.00. The molecule has 29 heavy (non-hydrogen) atoms. The summed E-state index contributed by atoms with van der Waals surface area (Å²) in [7, 11) is 4.09. The van der Waals surface area contributed by atoms with E-state index < -0.39 is 23.9 Å². The number of aromatic amines is 1. The van der Waals surface area contributed by atoms with Gasteiger partial charge in [0, 0.05) is 43.0 Å². The van der Waals surface area contributed by atoms with E-state index in [4.69, 9.17) is 25.2 Å². The molecule has 2 heterocycles. The number of imidazole rings is 1. The highest BCUT2D eigenvalue weighted by atomic mass is 16.5. The smallest absolute Gasteiger partial charge is 0.328 e. The number of carbonyl (C=O) groups is 4. The molecule has 0 saturated heterocycles. The average Bonchev–Trinajstić information content (AvgIpc) is 3.09. The zero-order valence-electron chi connectivity index (χ0n) is 15.8. The molecule has 0 fully saturated rings. The Morgan fingerprint density at radius 3 is 1.86 bits per heavy atom. The third kappa shape index (κ3) is 13.3. The van der Waals surface area contributed by atoms with Gasteiger partial charge in [-0.25, -0.2) is 24.2 Å². The second kappa shape index (κ2) is 13.6. The molecule has 1 aliphatic heterocycles. The lowest BCUT2D eigenvalue weighted by atomic mass is 10.1. The summed E-state index contributed by atoms with van der Waals surface area (Å²) < 4.78 is 5.65. The molecule has 1 atom stereocenters. The van der Waals surface area contributed by atoms with Crippen LogP contribution < -0.4 is 0 Å². The largest absolute Gasteiger partial charge is 0.478 e. The van der Waals surface area contributed by atoms with E-state index in [1.165, 1.54) is 5.69 Å². The molecular weight excluding hydrogens is 390 g/mol. The molecule has 2 rings (SSSR count). The van der Waals surface area contributed by atoms with E-state index in [0.717, 1.165) is 25.3 Å². The number of likely N-dealkylation sites (N-methyl/N-ethyl adjacent to an activating group) is 1. The first-order valence-electron chi connectivity index (χ1n) is 8.09. The SMILES string of the molecule is CN(C)CC1OCCc2[nH]cnc21.O=C(O)/C=C/C(=O)O.O=C(O)/C=C/C(=O)O. The normalized spacial score (nSPS) is 15.1. The molecule has 5 N–H and O–H groups in total. The van der Waals surface area contributed by atoms with Crippen molar-refractivity contribution >= 4 is 23.9 Å². The molecule has 1 aromatic rings. The predicted octanol–water partition coefficient (Wildman–Crippen LogP) is 0.00870. The van der Waals surface area contributed by atoms with Crippen molar-refractivity contribution in [2.24, 2.45) is 0 Å². The summed E-state index contributed by atoms with van der Waals surface area (Å²) in [6.07, 6.45) is 5.08. The van der Waals surface area contributed by atoms with Crippen molar-refractivity contribution < 1.29 is 44.3 Å². The summed E-state index contributed by atoms with van der Waals surface area (Å²) in [6, 6.07) is 0. The van der Waals surface area contributed by atoms with Crippen LogP contribution in [0.3, 0.4) is 0 Å². The molecule has 12 nitrogen and oxygen atoms in total. The van der Waals surface area contributed by atoms with Crippen molar-refractivity contribution in [1.82, 2.24) is 14.9 Å². The van der Waals surface area contributed by atoms with Gasteiger partial charge in [0.2, 0.25) is 0 Å². The van der Waals surface area contributed by atoms with E-state index in [1.807, 2.05) is 14.1 Å². The van der Waals surface area contributed by atoms with Gasteiger partial charge in [0.15, 0.2) is 0 Å². The van der Waals surface area contributed by atoms with E-state index in [9.17, 15) is 19.2 Å². The Kier molecular flexibility index (Phi) is 12.0. The first kappa shape index (κ1) is 25.5. The van der Waals surface area contributed by atoms with Crippen molar-refractivity contribution in [3.8, 4) is 0 Å². The quantitative estimate of drug-likeness (QED) is 0.395. The Morgan fingerprint density at radius 2 is 1.48 bits per heavy atom. The molecule has 0 aliphatic carbocycles. The van der Waals surface area contributed by atoms with Gasteiger partial charge in [-0.15, -0.1) is 0 Å². The van der Waals surface area contributed by atoms with Crippen molar-refractivity contribution in [2.45, 2.75) is 12.5 Å². The van der Waals surface area contributed by atoms with Gasteiger partial charge < -0.3 is 35.0 Å². The maximum atomic E-state index is 9.55. The molecule has 0 amide bonds. The summed E-state index contributed by atoms with van der Waals surface area (Å²) in [4.78, 5) is 47.8. The Labute approximate surface area is 165 Å². The highest BCUT2D eigenvalue weighted by Crippen LogP contribution is 2.23. The summed E-state index contributed by atoms with van der Waals surface area (Å²) in [5.74, 6) is -5.03. The van der Waals surface area contributed by atoms with E-state index in [0.29, 0.717) is 24.3 Å². The van der Waals surface area contributed by atoms with Crippen LogP contribution >= 0.6 is 0 Å². The van der Waals surface area contributed by atoms with Gasteiger partial charge in [0.05, 0.1) is 18.6 Å². The standard InChI is InChI=1S/C9H15N3O.2C4H4O4/c1-12(2)5-8-9-7(3-4-13-8)10-6-11-9;2*5-3(6)1-2-4(7)8/h6,8H,3-5H2,1-2H3,(H,10,11);2*1-2H,(H,5,6)(H,7,8)/b;2*2-1+. The van der Waals surface area contributed by atoms with Crippen molar-refractivity contribution in [1.29, 1.82) is 0 Å². The van der Waals surface area contributed by atoms with Crippen LogP contribution in [0, 0.1) is 0 Å². The van der Waals surface area contributed by atoms with Gasteiger partial charge >= 0.3 is 23.9 Å². The minimum absolute atomic E-state index is 0.144. The van der Waals surface area contributed by atoms with Gasteiger partial charge in [-0.1, -0.05) is 0 Å². The highest BCUT2D eigenvalue weighted by molar-refractivity contribution is 5.90. The minimum Gasteiger partial charge on any atom is -0.478 e. The van der Waals surface area contributed by atoms with Crippen LogP contribution in [0.15, 0.2) is 30.6 Å². The van der Waals surface area contributed by atoms with Crippen LogP contribution in [0.4, 0.5) is 0 Å². The lowest BCUT2D eigenvalue weighted by molar-refractivity contribution is -0.134. The number of aromatic nitrogens is 2. The molecule has 1 aliphatic rings. The van der Waals surface area contributed by atoms with Crippen LogP contribution in [-0.2, 0) is 30.3 Å². The van der Waals surface area contributed by atoms with Gasteiger partial charge in [0.25, 0.3) is 0 Å². The maximum Gasteiger partial charge on any atom is 0.328 e. The lowest BCUT2D eigenvalue weighted by Gasteiger charge is -2.24. The summed E-state index contributed by atoms with van der Waals surface area (Å²) in [5, 5.41) is 31.2. The van der Waals surface area contributed by atoms with E-state index in [1.54, 1.807) is 6.33 Å². The Bertz CT molecular complexity index is 687. The van der Waals surface area contributed by atoms with Crippen molar-refractivity contribution in [3.05, 3.63) is 42.0 Å². The zero-order chi connectivity index (χ0) is 22.4. The number of carboxylic acid groups (broad SMARTS) is 4. The van der Waals surface area contributed by atoms with E-state index >= 15 is 0 Å². The molecule has 0 bridgehead atoms. The number of H-pyrrole nitrogens is 1. The number of nitrogens with zero attached hydrogens (tertiary/aromatic N) is 2. The number of hydrogen-bond acceptors (Lipinski definition) is 7. The average molecular weight is 413 g/mol. The monoisotopic (exact) mass is 413 g/mol. The maximum absolute atomic E-state index is 9.55. The third-order valence-electron chi connectivity index (χ3n) is 3.00. The van der Waals surface area contributed by atoms with Crippen molar-refractivity contribution in [2.75, 3.05) is 27.2 Å². The highest BCUT2D eigenvalue weighted by Gasteiger charge is 2.23. The lowest BCUT2D eigenvalue weighted by Crippen LogP contribution is -2.26. The topological polar surface area (TPSA) is 190 Å². The van der Waals surface area contributed by atoms with Gasteiger partial charge in [0.1, 0.15) is 6.10 Å². The number of fused-ring (bicyclic) bond motifs is 1. The van der Waals surface area contributed by atoms with Gasteiger partial charge in [-0.3, -0.25) is 0 Å². The van der Waals surface area contributed by atoms with Crippen LogP contribution in [0.25, 0.3) is 0 Å². The summed E-state index contributed by atoms with van der Waals surface area (Å²) in [5.41, 5.74) is 2.32. The Hall–Kier alpha value is -3.51. The molecule has 0 aromatic carbocycles. The zero-order valence-corrected chi connectivity index (χ0v) is 15.8. The first-order valence-corrected chi connectivity index (χ1v) is 8.09. The van der Waals surface area contributed by atoms with Gasteiger partial charge in [-0.2, -0.15) is 0 Å². The molecule has 12 heteroatoms. The molecular formula is C17H23N3O9. The molecule has 0 spiro atoms. The molecule has 1 aromatic heterocycles. The Morgan fingerprint density at radius 1 is 1.03 bits per heavy atom. The molecule has 1 unspecified atom stereocenters. The molecule has 0 radical (unpaired) electrons. The Balaban J connectivity index is 0.000000432.